The lowest BCUT2D eigenvalue weighted by atomic mass is 10.0. The number of aryl methyl sites for hydroxylation is 1. The van der Waals surface area contributed by atoms with E-state index in [0.717, 1.165) is 60.4 Å². The Hall–Kier alpha value is -3.47. The Kier molecular flexibility index (Phi) is 11.7. The molecule has 1 aromatic heterocycles. The average molecular weight is 487 g/mol. The van der Waals surface area contributed by atoms with Crippen LogP contribution in [0.15, 0.2) is 73.6 Å². The highest BCUT2D eigenvalue weighted by atomic mass is 16.5. The molecule has 0 spiro atoms. The summed E-state index contributed by atoms with van der Waals surface area (Å²) in [7, 11) is 0. The van der Waals surface area contributed by atoms with Gasteiger partial charge < -0.3 is 9.47 Å². The number of carbonyl (C=O) groups is 1. The number of ether oxygens (including phenoxy) is 2. The summed E-state index contributed by atoms with van der Waals surface area (Å²) in [6, 6.07) is 16.7. The first-order valence-corrected chi connectivity index (χ1v) is 13.1. The van der Waals surface area contributed by atoms with Gasteiger partial charge in [0.2, 0.25) is 0 Å². The molecule has 1 heterocycles. The first-order valence-electron chi connectivity index (χ1n) is 13.1. The highest BCUT2D eigenvalue weighted by Gasteiger charge is 2.05. The molecule has 0 aliphatic carbocycles. The van der Waals surface area contributed by atoms with E-state index in [2.05, 4.69) is 47.7 Å². The molecule has 3 rings (SSSR count). The lowest BCUT2D eigenvalue weighted by molar-refractivity contribution is -0.137. The van der Waals surface area contributed by atoms with E-state index in [9.17, 15) is 4.79 Å². The fourth-order valence-corrected chi connectivity index (χ4v) is 3.93. The molecule has 0 fully saturated rings. The Morgan fingerprint density at radius 3 is 2.08 bits per heavy atom. The van der Waals surface area contributed by atoms with Crippen LogP contribution in [0.5, 0.6) is 5.75 Å². The van der Waals surface area contributed by atoms with Gasteiger partial charge in [0.15, 0.2) is 5.82 Å². The van der Waals surface area contributed by atoms with Crippen LogP contribution in [-0.4, -0.2) is 29.2 Å². The molecule has 36 heavy (non-hydrogen) atoms. The van der Waals surface area contributed by atoms with Gasteiger partial charge in [-0.15, -0.1) is 0 Å². The van der Waals surface area contributed by atoms with E-state index in [1.54, 1.807) is 0 Å². The van der Waals surface area contributed by atoms with Gasteiger partial charge in [-0.25, -0.2) is 14.8 Å². The Bertz CT molecular complexity index is 1040. The molecule has 5 heteroatoms. The molecule has 0 saturated carbocycles. The molecule has 0 N–H and O–H groups in total. The third-order valence-electron chi connectivity index (χ3n) is 6.09. The molecule has 3 aromatic rings. The molecule has 190 valence electrons. The van der Waals surface area contributed by atoms with Crippen molar-refractivity contribution in [1.29, 1.82) is 0 Å². The van der Waals surface area contributed by atoms with Crippen molar-refractivity contribution in [3.8, 4) is 28.3 Å². The molecular weight excluding hydrogens is 448 g/mol. The number of benzene rings is 2. The normalized spacial score (nSPS) is 10.7. The molecule has 0 unspecified atom stereocenters. The molecule has 2 aromatic carbocycles. The fraction of sp³-hybridized carbons (Fsp3) is 0.387. The van der Waals surface area contributed by atoms with Crippen LogP contribution in [0.4, 0.5) is 0 Å². The summed E-state index contributed by atoms with van der Waals surface area (Å²) in [5.41, 5.74) is 4.46. The monoisotopic (exact) mass is 486 g/mol. The number of carbonyl (C=O) groups excluding carboxylic acids is 1. The molecule has 0 saturated heterocycles. The molecule has 0 atom stereocenters. The average Bonchev–Trinajstić information content (AvgIpc) is 2.93. The largest absolute Gasteiger partial charge is 0.494 e. The Balaban J connectivity index is 1.40. The summed E-state index contributed by atoms with van der Waals surface area (Å²) in [5, 5.41) is 0. The van der Waals surface area contributed by atoms with Gasteiger partial charge >= 0.3 is 5.97 Å². The van der Waals surface area contributed by atoms with Crippen molar-refractivity contribution < 1.29 is 14.3 Å². The van der Waals surface area contributed by atoms with Gasteiger partial charge in [0.25, 0.3) is 0 Å². The standard InChI is InChI=1S/C31H38N2O3/c1-3-5-6-9-12-25-13-15-27(16-14-25)31-32-23-28(24-33-31)26-17-19-29(20-18-26)35-21-10-7-8-11-22-36-30(34)4-2/h4,13-20,23-24H,2-3,5-12,21-22H2,1H3. The topological polar surface area (TPSA) is 61.3 Å². The molecular formula is C31H38N2O3. The Morgan fingerprint density at radius 1 is 0.778 bits per heavy atom. The molecule has 0 radical (unpaired) electrons. The highest BCUT2D eigenvalue weighted by molar-refractivity contribution is 5.81. The van der Waals surface area contributed by atoms with Crippen molar-refractivity contribution in [3.05, 3.63) is 79.1 Å². The van der Waals surface area contributed by atoms with E-state index < -0.39 is 0 Å². The van der Waals surface area contributed by atoms with Crippen LogP contribution in [0.2, 0.25) is 0 Å². The van der Waals surface area contributed by atoms with Crippen molar-refractivity contribution in [2.75, 3.05) is 13.2 Å². The second-order valence-electron chi connectivity index (χ2n) is 8.96. The van der Waals surface area contributed by atoms with Crippen LogP contribution in [0.3, 0.4) is 0 Å². The van der Waals surface area contributed by atoms with Crippen LogP contribution < -0.4 is 4.74 Å². The van der Waals surface area contributed by atoms with E-state index >= 15 is 0 Å². The van der Waals surface area contributed by atoms with Crippen LogP contribution in [0.25, 0.3) is 22.5 Å². The van der Waals surface area contributed by atoms with Crippen molar-refractivity contribution in [2.24, 2.45) is 0 Å². The van der Waals surface area contributed by atoms with E-state index in [-0.39, 0.29) is 5.97 Å². The van der Waals surface area contributed by atoms with Gasteiger partial charge in [-0.3, -0.25) is 0 Å². The number of unbranched alkanes of at least 4 members (excludes halogenated alkanes) is 6. The van der Waals surface area contributed by atoms with Crippen molar-refractivity contribution in [1.82, 2.24) is 9.97 Å². The lowest BCUT2D eigenvalue weighted by Gasteiger charge is -2.08. The zero-order valence-electron chi connectivity index (χ0n) is 21.5. The molecule has 0 aliphatic heterocycles. The number of rotatable bonds is 16. The predicted molar refractivity (Wildman–Crippen MR) is 146 cm³/mol. The van der Waals surface area contributed by atoms with E-state index in [4.69, 9.17) is 9.47 Å². The fourth-order valence-electron chi connectivity index (χ4n) is 3.93. The minimum absolute atomic E-state index is 0.359. The smallest absolute Gasteiger partial charge is 0.330 e. The summed E-state index contributed by atoms with van der Waals surface area (Å²) >= 11 is 0. The third kappa shape index (κ3) is 9.29. The second kappa shape index (κ2) is 15.5. The molecule has 0 bridgehead atoms. The van der Waals surface area contributed by atoms with E-state index in [1.807, 2.05) is 36.7 Å². The maximum absolute atomic E-state index is 11.0. The maximum Gasteiger partial charge on any atom is 0.330 e. The van der Waals surface area contributed by atoms with Crippen molar-refractivity contribution in [3.63, 3.8) is 0 Å². The van der Waals surface area contributed by atoms with E-state index in [1.165, 1.54) is 37.3 Å². The van der Waals surface area contributed by atoms with Crippen molar-refractivity contribution >= 4 is 5.97 Å². The first kappa shape index (κ1) is 27.1. The van der Waals surface area contributed by atoms with Gasteiger partial charge in [-0.2, -0.15) is 0 Å². The number of aromatic nitrogens is 2. The minimum Gasteiger partial charge on any atom is -0.494 e. The quantitative estimate of drug-likeness (QED) is 0.118. The number of hydrogen-bond donors (Lipinski definition) is 0. The molecule has 0 aliphatic rings. The summed E-state index contributed by atoms with van der Waals surface area (Å²) < 4.78 is 10.8. The molecule has 0 amide bonds. The lowest BCUT2D eigenvalue weighted by Crippen LogP contribution is -2.02. The zero-order chi connectivity index (χ0) is 25.4. The van der Waals surface area contributed by atoms with Crippen LogP contribution in [-0.2, 0) is 16.0 Å². The Labute approximate surface area is 215 Å². The third-order valence-corrected chi connectivity index (χ3v) is 6.09. The highest BCUT2D eigenvalue weighted by Crippen LogP contribution is 2.23. The summed E-state index contributed by atoms with van der Waals surface area (Å²) in [5.74, 6) is 1.24. The van der Waals surface area contributed by atoms with Gasteiger partial charge in [-0.1, -0.05) is 69.2 Å². The van der Waals surface area contributed by atoms with Gasteiger partial charge in [-0.05, 0) is 61.8 Å². The summed E-state index contributed by atoms with van der Waals surface area (Å²) in [6.07, 6.45) is 15.1. The number of nitrogens with zero attached hydrogens (tertiary/aromatic N) is 2. The van der Waals surface area contributed by atoms with Gasteiger partial charge in [0.05, 0.1) is 13.2 Å². The summed E-state index contributed by atoms with van der Waals surface area (Å²) in [6.45, 7) is 6.74. The van der Waals surface area contributed by atoms with Gasteiger partial charge in [0.1, 0.15) is 5.75 Å². The first-order chi connectivity index (χ1) is 17.7. The van der Waals surface area contributed by atoms with Crippen LogP contribution in [0.1, 0.15) is 63.9 Å². The zero-order valence-corrected chi connectivity index (χ0v) is 21.5. The second-order valence-corrected chi connectivity index (χ2v) is 8.96. The molecule has 5 nitrogen and oxygen atoms in total. The Morgan fingerprint density at radius 2 is 1.42 bits per heavy atom. The SMILES string of the molecule is C=CC(=O)OCCCCCCOc1ccc(-c2cnc(-c3ccc(CCCCCC)cc3)nc2)cc1. The number of hydrogen-bond acceptors (Lipinski definition) is 5. The minimum atomic E-state index is -0.359. The number of esters is 1. The van der Waals surface area contributed by atoms with Crippen LogP contribution >= 0.6 is 0 Å². The van der Waals surface area contributed by atoms with Crippen LogP contribution in [0, 0.1) is 0 Å². The van der Waals surface area contributed by atoms with E-state index in [0.29, 0.717) is 13.2 Å². The van der Waals surface area contributed by atoms with Gasteiger partial charge in [0, 0.05) is 29.6 Å². The maximum atomic E-state index is 11.0. The summed E-state index contributed by atoms with van der Waals surface area (Å²) in [4.78, 5) is 20.2. The van der Waals surface area contributed by atoms with Crippen molar-refractivity contribution in [2.45, 2.75) is 64.7 Å². The predicted octanol–water partition coefficient (Wildman–Crippen LogP) is 7.60.